The second kappa shape index (κ2) is 6.92. The molecule has 26 heavy (non-hydrogen) atoms. The second-order valence-electron chi connectivity index (χ2n) is 7.13. The molecular weight excluding hydrogens is 350 g/mol. The van der Waals surface area contributed by atoms with Gasteiger partial charge in [0.1, 0.15) is 0 Å². The Bertz CT molecular complexity index is 958. The van der Waals surface area contributed by atoms with Gasteiger partial charge in [0, 0.05) is 16.1 Å². The van der Waals surface area contributed by atoms with E-state index in [-0.39, 0.29) is 11.3 Å². The Morgan fingerprint density at radius 3 is 2.54 bits per heavy atom. The number of aryl methyl sites for hydroxylation is 1. The van der Waals surface area contributed by atoms with Gasteiger partial charge in [0.2, 0.25) is 0 Å². The lowest BCUT2D eigenvalue weighted by Gasteiger charge is -2.11. The number of amides is 1. The number of benzene rings is 2. The molecule has 0 radical (unpaired) electrons. The molecule has 0 aliphatic rings. The quantitative estimate of drug-likeness (QED) is 0.684. The molecule has 6 heteroatoms. The summed E-state index contributed by atoms with van der Waals surface area (Å²) < 4.78 is 5.40. The summed E-state index contributed by atoms with van der Waals surface area (Å²) in [6.45, 7) is 7.90. The van der Waals surface area contributed by atoms with Crippen molar-refractivity contribution < 1.29 is 9.32 Å². The zero-order chi connectivity index (χ0) is 18.9. The molecule has 3 rings (SSSR count). The Morgan fingerprint density at radius 2 is 1.88 bits per heavy atom. The summed E-state index contributed by atoms with van der Waals surface area (Å²) in [7, 11) is 0. The molecule has 0 aliphatic heterocycles. The molecule has 2 aromatic carbocycles. The van der Waals surface area contributed by atoms with Gasteiger partial charge < -0.3 is 9.84 Å². The minimum absolute atomic E-state index is 0.237. The van der Waals surface area contributed by atoms with Crippen LogP contribution in [0.4, 0.5) is 5.69 Å². The fourth-order valence-electron chi connectivity index (χ4n) is 2.46. The average molecular weight is 370 g/mol. The molecule has 0 aliphatic carbocycles. The van der Waals surface area contributed by atoms with E-state index in [2.05, 4.69) is 15.5 Å². The number of rotatable bonds is 3. The fraction of sp³-hybridized carbons (Fsp3) is 0.250. The van der Waals surface area contributed by atoms with Crippen molar-refractivity contribution in [3.63, 3.8) is 0 Å². The largest absolute Gasteiger partial charge is 0.334 e. The molecule has 0 bridgehead atoms. The van der Waals surface area contributed by atoms with E-state index in [9.17, 15) is 4.79 Å². The van der Waals surface area contributed by atoms with Crippen LogP contribution in [0.2, 0.25) is 5.02 Å². The van der Waals surface area contributed by atoms with Crippen LogP contribution in [0.15, 0.2) is 47.0 Å². The van der Waals surface area contributed by atoms with Gasteiger partial charge in [-0.25, -0.2) is 0 Å². The predicted molar refractivity (Wildman–Crippen MR) is 103 cm³/mol. The number of carbonyl (C=O) groups is 1. The van der Waals surface area contributed by atoms with Crippen molar-refractivity contribution in [2.45, 2.75) is 33.1 Å². The number of anilines is 1. The van der Waals surface area contributed by atoms with Gasteiger partial charge >= 0.3 is 0 Å². The van der Waals surface area contributed by atoms with Gasteiger partial charge in [-0.2, -0.15) is 4.98 Å². The Hall–Kier alpha value is -2.66. The van der Waals surface area contributed by atoms with Gasteiger partial charge in [0.15, 0.2) is 5.82 Å². The van der Waals surface area contributed by atoms with Crippen LogP contribution in [0.1, 0.15) is 42.5 Å². The highest BCUT2D eigenvalue weighted by atomic mass is 35.5. The molecule has 0 atom stereocenters. The van der Waals surface area contributed by atoms with Crippen molar-refractivity contribution in [3.8, 4) is 11.5 Å². The molecule has 1 N–H and O–H groups in total. The lowest BCUT2D eigenvalue weighted by Crippen LogP contribution is -2.14. The summed E-state index contributed by atoms with van der Waals surface area (Å²) in [5, 5.41) is 7.58. The number of hydrogen-bond donors (Lipinski definition) is 1. The van der Waals surface area contributed by atoms with Crippen LogP contribution in [0.5, 0.6) is 0 Å². The monoisotopic (exact) mass is 369 g/mol. The first-order valence-electron chi connectivity index (χ1n) is 8.27. The van der Waals surface area contributed by atoms with Gasteiger partial charge in [0.05, 0.1) is 11.1 Å². The maximum atomic E-state index is 12.8. The van der Waals surface area contributed by atoms with Gasteiger partial charge in [-0.15, -0.1) is 0 Å². The van der Waals surface area contributed by atoms with Crippen LogP contribution in [-0.4, -0.2) is 16.0 Å². The van der Waals surface area contributed by atoms with Gasteiger partial charge in [0.25, 0.3) is 11.8 Å². The smallest absolute Gasteiger partial charge is 0.258 e. The highest BCUT2D eigenvalue weighted by molar-refractivity contribution is 6.30. The standard InChI is InChI=1S/C20H20ClN3O2/c1-12-11-13(21)9-10-16(12)22-17(25)14-7-5-6-8-15(14)18-23-19(24-26-18)20(2,3)4/h5-11H,1-4H3,(H,22,25). The average Bonchev–Trinajstić information content (AvgIpc) is 3.07. The summed E-state index contributed by atoms with van der Waals surface area (Å²) in [4.78, 5) is 17.3. The highest BCUT2D eigenvalue weighted by Crippen LogP contribution is 2.27. The van der Waals surface area contributed by atoms with Crippen LogP contribution in [0, 0.1) is 6.92 Å². The predicted octanol–water partition coefficient (Wildman–Crippen LogP) is 5.25. The van der Waals surface area contributed by atoms with E-state index in [1.54, 1.807) is 36.4 Å². The molecular formula is C20H20ClN3O2. The van der Waals surface area contributed by atoms with Crippen LogP contribution < -0.4 is 5.32 Å². The minimum atomic E-state index is -0.249. The van der Waals surface area contributed by atoms with Crippen molar-refractivity contribution in [3.05, 3.63) is 64.4 Å². The van der Waals surface area contributed by atoms with E-state index in [1.807, 2.05) is 33.8 Å². The van der Waals surface area contributed by atoms with Crippen molar-refractivity contribution in [2.24, 2.45) is 0 Å². The van der Waals surface area contributed by atoms with E-state index >= 15 is 0 Å². The lowest BCUT2D eigenvalue weighted by molar-refractivity contribution is 0.102. The summed E-state index contributed by atoms with van der Waals surface area (Å²) in [5.74, 6) is 0.672. The number of aromatic nitrogens is 2. The zero-order valence-corrected chi connectivity index (χ0v) is 15.9. The molecule has 134 valence electrons. The normalized spacial score (nSPS) is 11.4. The molecule has 5 nitrogen and oxygen atoms in total. The van der Waals surface area contributed by atoms with Gasteiger partial charge in [-0.1, -0.05) is 49.7 Å². The van der Waals surface area contributed by atoms with Crippen LogP contribution >= 0.6 is 11.6 Å². The van der Waals surface area contributed by atoms with Crippen LogP contribution in [0.25, 0.3) is 11.5 Å². The van der Waals surface area contributed by atoms with Crippen molar-refractivity contribution >= 4 is 23.2 Å². The number of nitrogens with one attached hydrogen (secondary N) is 1. The van der Waals surface area contributed by atoms with E-state index < -0.39 is 0 Å². The van der Waals surface area contributed by atoms with E-state index in [1.165, 1.54) is 0 Å². The Kier molecular flexibility index (Phi) is 4.83. The summed E-state index contributed by atoms with van der Waals surface area (Å²) in [6, 6.07) is 12.5. The first-order valence-corrected chi connectivity index (χ1v) is 8.64. The third-order valence-corrected chi connectivity index (χ3v) is 4.17. The molecule has 0 saturated heterocycles. The lowest BCUT2D eigenvalue weighted by atomic mass is 9.96. The summed E-state index contributed by atoms with van der Waals surface area (Å²) in [6.07, 6.45) is 0. The summed E-state index contributed by atoms with van der Waals surface area (Å²) in [5.41, 5.74) is 2.41. The van der Waals surface area contributed by atoms with Gasteiger partial charge in [-0.3, -0.25) is 4.79 Å². The third-order valence-electron chi connectivity index (χ3n) is 3.94. The van der Waals surface area contributed by atoms with E-state index in [0.717, 1.165) is 5.56 Å². The van der Waals surface area contributed by atoms with Crippen LogP contribution in [0.3, 0.4) is 0 Å². The maximum Gasteiger partial charge on any atom is 0.258 e. The van der Waals surface area contributed by atoms with Crippen LogP contribution in [-0.2, 0) is 5.41 Å². The molecule has 0 fully saturated rings. The Labute approximate surface area is 157 Å². The first kappa shape index (κ1) is 18.1. The molecule has 0 spiro atoms. The first-order chi connectivity index (χ1) is 12.3. The molecule has 1 aromatic heterocycles. The van der Waals surface area contributed by atoms with E-state index in [4.69, 9.17) is 16.1 Å². The molecule has 3 aromatic rings. The molecule has 1 heterocycles. The van der Waals surface area contributed by atoms with Crippen molar-refractivity contribution in [2.75, 3.05) is 5.32 Å². The number of hydrogen-bond acceptors (Lipinski definition) is 4. The topological polar surface area (TPSA) is 68.0 Å². The number of nitrogens with zero attached hydrogens (tertiary/aromatic N) is 2. The highest BCUT2D eigenvalue weighted by Gasteiger charge is 2.23. The third kappa shape index (κ3) is 3.78. The number of carbonyl (C=O) groups excluding carboxylic acids is 1. The molecule has 0 saturated carbocycles. The maximum absolute atomic E-state index is 12.8. The molecule has 1 amide bonds. The Balaban J connectivity index is 1.94. The van der Waals surface area contributed by atoms with Gasteiger partial charge in [-0.05, 0) is 42.8 Å². The Morgan fingerprint density at radius 1 is 1.15 bits per heavy atom. The summed E-state index contributed by atoms with van der Waals surface area (Å²) >= 11 is 5.97. The van der Waals surface area contributed by atoms with Crippen molar-refractivity contribution in [1.29, 1.82) is 0 Å². The second-order valence-corrected chi connectivity index (χ2v) is 7.57. The minimum Gasteiger partial charge on any atom is -0.334 e. The fourth-order valence-corrected chi connectivity index (χ4v) is 2.69. The number of halogens is 1. The van der Waals surface area contributed by atoms with Crippen molar-refractivity contribution in [1.82, 2.24) is 10.1 Å². The SMILES string of the molecule is Cc1cc(Cl)ccc1NC(=O)c1ccccc1-c1nc(C(C)(C)C)no1. The van der Waals surface area contributed by atoms with E-state index in [0.29, 0.717) is 33.6 Å². The molecule has 0 unspecified atom stereocenters. The zero-order valence-electron chi connectivity index (χ0n) is 15.1.